The van der Waals surface area contributed by atoms with Crippen LogP contribution in [0.1, 0.15) is 16.5 Å². The zero-order valence-electron chi connectivity index (χ0n) is 10.9. The van der Waals surface area contributed by atoms with Gasteiger partial charge in [0.15, 0.2) is 0 Å². The van der Waals surface area contributed by atoms with Crippen LogP contribution in [0.4, 0.5) is 0 Å². The van der Waals surface area contributed by atoms with E-state index in [2.05, 4.69) is 55.3 Å². The Balaban J connectivity index is 2.20. The third kappa shape index (κ3) is 4.06. The Morgan fingerprint density at radius 3 is 2.65 bits per heavy atom. The largest absolute Gasteiger partial charge is 0.329 e. The molecule has 1 aromatic carbocycles. The maximum atomic E-state index is 6.31. The lowest BCUT2D eigenvalue weighted by atomic mass is 10.1. The lowest BCUT2D eigenvalue weighted by Gasteiger charge is -2.27. The molecule has 108 valence electrons. The molecule has 0 saturated carbocycles. The molecule has 6 heteroatoms. The summed E-state index contributed by atoms with van der Waals surface area (Å²) in [7, 11) is 2.07. The fourth-order valence-corrected chi connectivity index (χ4v) is 4.24. The first-order valence-electron chi connectivity index (χ1n) is 6.09. The van der Waals surface area contributed by atoms with Gasteiger partial charge in [-0.05, 0) is 52.8 Å². The predicted octanol–water partition coefficient (Wildman–Crippen LogP) is 5.06. The highest BCUT2D eigenvalue weighted by molar-refractivity contribution is 9.10. The summed E-state index contributed by atoms with van der Waals surface area (Å²) < 4.78 is 2.14. The summed E-state index contributed by atoms with van der Waals surface area (Å²) >= 11 is 15.0. The maximum absolute atomic E-state index is 6.31. The molecule has 0 aliphatic rings. The second-order valence-corrected chi connectivity index (χ2v) is 7.80. The van der Waals surface area contributed by atoms with Crippen molar-refractivity contribution in [3.8, 4) is 0 Å². The zero-order valence-corrected chi connectivity index (χ0v) is 15.7. The highest BCUT2D eigenvalue weighted by Gasteiger charge is 2.19. The number of rotatable bonds is 5. The Labute approximate surface area is 145 Å². The van der Waals surface area contributed by atoms with Crippen LogP contribution in [0, 0.1) is 0 Å². The summed E-state index contributed by atoms with van der Waals surface area (Å²) in [5, 5.41) is 2.84. The van der Waals surface area contributed by atoms with Crippen molar-refractivity contribution in [3.63, 3.8) is 0 Å². The molecule has 0 amide bonds. The van der Waals surface area contributed by atoms with Crippen LogP contribution in [-0.4, -0.2) is 18.5 Å². The smallest absolute Gasteiger partial charge is 0.0486 e. The predicted molar refractivity (Wildman–Crippen MR) is 94.4 cm³/mol. The average molecular weight is 439 g/mol. The fourth-order valence-electron chi connectivity index (χ4n) is 2.11. The minimum Gasteiger partial charge on any atom is -0.329 e. The van der Waals surface area contributed by atoms with Crippen molar-refractivity contribution < 1.29 is 0 Å². The SMILES string of the molecule is CN(Cc1cc(Br)cs1)C(CN)c1cc(Br)ccc1Cl. The Kier molecular flexibility index (Phi) is 6.08. The van der Waals surface area contributed by atoms with E-state index in [1.165, 1.54) is 4.88 Å². The highest BCUT2D eigenvalue weighted by Crippen LogP contribution is 2.31. The van der Waals surface area contributed by atoms with Gasteiger partial charge >= 0.3 is 0 Å². The molecule has 0 bridgehead atoms. The number of hydrogen-bond acceptors (Lipinski definition) is 3. The van der Waals surface area contributed by atoms with Gasteiger partial charge in [-0.1, -0.05) is 27.5 Å². The first-order chi connectivity index (χ1) is 9.51. The summed E-state index contributed by atoms with van der Waals surface area (Å²) in [5.74, 6) is 0. The molecule has 0 aliphatic carbocycles. The Morgan fingerprint density at radius 1 is 1.30 bits per heavy atom. The number of halogens is 3. The lowest BCUT2D eigenvalue weighted by molar-refractivity contribution is 0.244. The van der Waals surface area contributed by atoms with Gasteiger partial charge in [0.2, 0.25) is 0 Å². The average Bonchev–Trinajstić information content (AvgIpc) is 2.80. The van der Waals surface area contributed by atoms with Crippen LogP contribution >= 0.6 is 54.8 Å². The molecule has 2 aromatic rings. The third-order valence-corrected chi connectivity index (χ3v) is 5.62. The molecule has 2 N–H and O–H groups in total. The summed E-state index contributed by atoms with van der Waals surface area (Å²) in [6.07, 6.45) is 0. The molecule has 1 unspecified atom stereocenters. The molecule has 0 fully saturated rings. The summed E-state index contributed by atoms with van der Waals surface area (Å²) in [5.41, 5.74) is 7.02. The van der Waals surface area contributed by atoms with Gasteiger partial charge in [-0.3, -0.25) is 4.90 Å². The van der Waals surface area contributed by atoms with Crippen molar-refractivity contribution in [3.05, 3.63) is 54.1 Å². The van der Waals surface area contributed by atoms with Crippen molar-refractivity contribution >= 4 is 54.8 Å². The van der Waals surface area contributed by atoms with Crippen LogP contribution in [0.2, 0.25) is 5.02 Å². The molecule has 1 aromatic heterocycles. The number of likely N-dealkylation sites (N-methyl/N-ethyl adjacent to an activating group) is 1. The summed E-state index contributed by atoms with van der Waals surface area (Å²) in [4.78, 5) is 3.52. The monoisotopic (exact) mass is 436 g/mol. The Bertz CT molecular complexity index is 588. The normalized spacial score (nSPS) is 12.9. The van der Waals surface area contributed by atoms with Gasteiger partial charge in [0.1, 0.15) is 0 Å². The molecule has 0 spiro atoms. The van der Waals surface area contributed by atoms with Crippen molar-refractivity contribution in [2.45, 2.75) is 12.6 Å². The quantitative estimate of drug-likeness (QED) is 0.707. The molecule has 2 nitrogen and oxygen atoms in total. The van der Waals surface area contributed by atoms with Crippen molar-refractivity contribution in [1.29, 1.82) is 0 Å². The van der Waals surface area contributed by atoms with E-state index in [1.807, 2.05) is 18.2 Å². The molecule has 0 radical (unpaired) electrons. The first-order valence-corrected chi connectivity index (χ1v) is 8.93. The van der Waals surface area contributed by atoms with Crippen LogP contribution in [0.3, 0.4) is 0 Å². The van der Waals surface area contributed by atoms with Crippen molar-refractivity contribution in [2.75, 3.05) is 13.6 Å². The molecule has 0 aliphatic heterocycles. The van der Waals surface area contributed by atoms with Crippen molar-refractivity contribution in [2.24, 2.45) is 5.73 Å². The summed E-state index contributed by atoms with van der Waals surface area (Å²) in [6.45, 7) is 1.38. The molecule has 2 rings (SSSR count). The van der Waals surface area contributed by atoms with Gasteiger partial charge < -0.3 is 5.73 Å². The van der Waals surface area contributed by atoms with E-state index < -0.39 is 0 Å². The van der Waals surface area contributed by atoms with E-state index in [9.17, 15) is 0 Å². The minimum atomic E-state index is 0.0980. The van der Waals surface area contributed by atoms with Crippen LogP contribution in [0.25, 0.3) is 0 Å². The van der Waals surface area contributed by atoms with E-state index in [0.717, 1.165) is 26.1 Å². The van der Waals surface area contributed by atoms with E-state index in [4.69, 9.17) is 17.3 Å². The van der Waals surface area contributed by atoms with Gasteiger partial charge in [0.25, 0.3) is 0 Å². The molecule has 0 saturated heterocycles. The maximum Gasteiger partial charge on any atom is 0.0486 e. The fraction of sp³-hybridized carbons (Fsp3) is 0.286. The van der Waals surface area contributed by atoms with Gasteiger partial charge in [-0.2, -0.15) is 0 Å². The molecule has 1 heterocycles. The topological polar surface area (TPSA) is 29.3 Å². The van der Waals surface area contributed by atoms with Crippen LogP contribution in [-0.2, 0) is 6.54 Å². The van der Waals surface area contributed by atoms with Gasteiger partial charge in [0.05, 0.1) is 0 Å². The van der Waals surface area contributed by atoms with E-state index >= 15 is 0 Å². The van der Waals surface area contributed by atoms with E-state index in [0.29, 0.717) is 6.54 Å². The Morgan fingerprint density at radius 2 is 2.05 bits per heavy atom. The van der Waals surface area contributed by atoms with E-state index in [1.54, 1.807) is 11.3 Å². The molecular formula is C14H15Br2ClN2S. The van der Waals surface area contributed by atoms with Crippen LogP contribution < -0.4 is 5.73 Å². The lowest BCUT2D eigenvalue weighted by Crippen LogP contribution is -2.30. The number of hydrogen-bond donors (Lipinski definition) is 1. The van der Waals surface area contributed by atoms with E-state index in [-0.39, 0.29) is 6.04 Å². The number of thiophene rings is 1. The van der Waals surface area contributed by atoms with Gasteiger partial charge in [0, 0.05) is 43.4 Å². The number of nitrogens with zero attached hydrogens (tertiary/aromatic N) is 1. The van der Waals surface area contributed by atoms with Gasteiger partial charge in [-0.25, -0.2) is 0 Å². The zero-order chi connectivity index (χ0) is 14.7. The second-order valence-electron chi connectivity index (χ2n) is 4.56. The summed E-state index contributed by atoms with van der Waals surface area (Å²) in [6, 6.07) is 8.12. The minimum absolute atomic E-state index is 0.0980. The molecular weight excluding hydrogens is 423 g/mol. The van der Waals surface area contributed by atoms with Crippen molar-refractivity contribution in [1.82, 2.24) is 4.90 Å². The molecule has 20 heavy (non-hydrogen) atoms. The Hall–Kier alpha value is 0.0900. The number of benzene rings is 1. The third-order valence-electron chi connectivity index (χ3n) is 3.10. The van der Waals surface area contributed by atoms with Gasteiger partial charge in [-0.15, -0.1) is 11.3 Å². The number of nitrogens with two attached hydrogens (primary N) is 1. The standard InChI is InChI=1S/C14H15Br2ClN2S/c1-19(7-11-4-10(16)8-20-11)14(6-18)12-5-9(15)2-3-13(12)17/h2-5,8,14H,6-7,18H2,1H3. The van der Waals surface area contributed by atoms with Crippen LogP contribution in [0.5, 0.6) is 0 Å². The molecule has 1 atom stereocenters. The van der Waals surface area contributed by atoms with Crippen LogP contribution in [0.15, 0.2) is 38.6 Å². The highest BCUT2D eigenvalue weighted by atomic mass is 79.9. The first kappa shape index (κ1) is 16.5. The second kappa shape index (κ2) is 7.38.